The minimum absolute atomic E-state index is 0.581. The van der Waals surface area contributed by atoms with Crippen LogP contribution in [0.4, 0.5) is 0 Å². The van der Waals surface area contributed by atoms with Gasteiger partial charge in [0.25, 0.3) is 0 Å². The summed E-state index contributed by atoms with van der Waals surface area (Å²) in [5.41, 5.74) is 0. The number of hydrogen-bond donors (Lipinski definition) is 0. The van der Waals surface area contributed by atoms with Crippen molar-refractivity contribution in [3.8, 4) is 0 Å². The van der Waals surface area contributed by atoms with Crippen LogP contribution in [0.2, 0.25) is 0 Å². The zero-order valence-electron chi connectivity index (χ0n) is 15.6. The number of unbranched alkanes of at least 4 members (excludes halogenated alkanes) is 1. The van der Waals surface area contributed by atoms with Gasteiger partial charge in [0, 0.05) is 6.61 Å². The summed E-state index contributed by atoms with van der Waals surface area (Å²) < 4.78 is 5.92. The van der Waals surface area contributed by atoms with E-state index in [9.17, 15) is 0 Å². The molecule has 134 valence electrons. The van der Waals surface area contributed by atoms with Gasteiger partial charge in [0.05, 0.1) is 6.10 Å². The van der Waals surface area contributed by atoms with Gasteiger partial charge in [-0.25, -0.2) is 0 Å². The molecule has 1 nitrogen and oxygen atoms in total. The predicted octanol–water partition coefficient (Wildman–Crippen LogP) is 6.91. The SMILES string of the molecule is C=CCCCC1CCC(CCC2CCC(OCCC)CC2)CC1. The molecule has 2 saturated carbocycles. The van der Waals surface area contributed by atoms with E-state index >= 15 is 0 Å². The Labute approximate surface area is 145 Å². The van der Waals surface area contributed by atoms with Crippen molar-refractivity contribution >= 4 is 0 Å². The Morgan fingerprint density at radius 3 is 1.87 bits per heavy atom. The van der Waals surface area contributed by atoms with Gasteiger partial charge >= 0.3 is 0 Å². The second kappa shape index (κ2) is 11.3. The van der Waals surface area contributed by atoms with E-state index in [1.165, 1.54) is 83.5 Å². The fourth-order valence-corrected chi connectivity index (χ4v) is 4.70. The van der Waals surface area contributed by atoms with Crippen LogP contribution in [0.5, 0.6) is 0 Å². The molecule has 1 heteroatoms. The van der Waals surface area contributed by atoms with E-state index in [4.69, 9.17) is 4.74 Å². The van der Waals surface area contributed by atoms with Crippen molar-refractivity contribution in [3.05, 3.63) is 12.7 Å². The minimum Gasteiger partial charge on any atom is -0.378 e. The molecule has 0 N–H and O–H groups in total. The molecule has 0 aromatic rings. The van der Waals surface area contributed by atoms with Crippen LogP contribution in [0.15, 0.2) is 12.7 Å². The monoisotopic (exact) mass is 320 g/mol. The van der Waals surface area contributed by atoms with Crippen molar-refractivity contribution < 1.29 is 4.74 Å². The van der Waals surface area contributed by atoms with Crippen LogP contribution in [0.25, 0.3) is 0 Å². The first kappa shape index (κ1) is 19.0. The van der Waals surface area contributed by atoms with Gasteiger partial charge in [0.2, 0.25) is 0 Å². The topological polar surface area (TPSA) is 9.23 Å². The second-order valence-corrected chi connectivity index (χ2v) is 8.20. The third-order valence-corrected chi connectivity index (χ3v) is 6.32. The molecule has 2 aliphatic carbocycles. The molecule has 0 amide bonds. The molecule has 0 spiro atoms. The molecule has 0 bridgehead atoms. The predicted molar refractivity (Wildman–Crippen MR) is 101 cm³/mol. The van der Waals surface area contributed by atoms with Crippen molar-refractivity contribution in [2.24, 2.45) is 17.8 Å². The van der Waals surface area contributed by atoms with E-state index in [1.54, 1.807) is 0 Å². The van der Waals surface area contributed by atoms with E-state index in [0.29, 0.717) is 6.10 Å². The Hall–Kier alpha value is -0.300. The lowest BCUT2D eigenvalue weighted by Gasteiger charge is -2.32. The summed E-state index contributed by atoms with van der Waals surface area (Å²) in [5.74, 6) is 3.07. The van der Waals surface area contributed by atoms with Gasteiger partial charge in [-0.1, -0.05) is 57.9 Å². The number of allylic oxidation sites excluding steroid dienone is 1. The molecule has 0 aromatic heterocycles. The van der Waals surface area contributed by atoms with E-state index in [0.717, 1.165) is 30.8 Å². The Balaban J connectivity index is 1.51. The quantitative estimate of drug-likeness (QED) is 0.314. The summed E-state index contributed by atoms with van der Waals surface area (Å²) >= 11 is 0. The smallest absolute Gasteiger partial charge is 0.0575 e. The van der Waals surface area contributed by atoms with Crippen LogP contribution >= 0.6 is 0 Å². The third-order valence-electron chi connectivity index (χ3n) is 6.32. The largest absolute Gasteiger partial charge is 0.378 e. The maximum absolute atomic E-state index is 5.92. The van der Waals surface area contributed by atoms with Crippen molar-refractivity contribution in [3.63, 3.8) is 0 Å². The molecule has 0 aromatic carbocycles. The number of ether oxygens (including phenoxy) is 1. The van der Waals surface area contributed by atoms with Gasteiger partial charge in [-0.2, -0.15) is 0 Å². The maximum atomic E-state index is 5.92. The van der Waals surface area contributed by atoms with E-state index < -0.39 is 0 Å². The highest BCUT2D eigenvalue weighted by Crippen LogP contribution is 2.37. The zero-order valence-corrected chi connectivity index (χ0v) is 15.6. The summed E-state index contributed by atoms with van der Waals surface area (Å²) in [6.45, 7) is 7.01. The average molecular weight is 321 g/mol. The minimum atomic E-state index is 0.581. The first-order valence-corrected chi connectivity index (χ1v) is 10.5. The second-order valence-electron chi connectivity index (χ2n) is 8.20. The number of rotatable bonds is 10. The molecule has 0 atom stereocenters. The Kier molecular flexibility index (Phi) is 9.34. The lowest BCUT2D eigenvalue weighted by molar-refractivity contribution is 0.0168. The number of hydrogen-bond acceptors (Lipinski definition) is 1. The van der Waals surface area contributed by atoms with E-state index in [2.05, 4.69) is 19.6 Å². The molecule has 2 fully saturated rings. The van der Waals surface area contributed by atoms with E-state index in [1.807, 2.05) is 0 Å². The first-order valence-electron chi connectivity index (χ1n) is 10.5. The molecular weight excluding hydrogens is 280 g/mol. The first-order chi connectivity index (χ1) is 11.3. The summed E-state index contributed by atoms with van der Waals surface area (Å²) in [6.07, 6.45) is 22.3. The molecule has 0 saturated heterocycles. The highest BCUT2D eigenvalue weighted by Gasteiger charge is 2.24. The van der Waals surface area contributed by atoms with Gasteiger partial charge in [-0.15, -0.1) is 6.58 Å². The van der Waals surface area contributed by atoms with Crippen LogP contribution in [0.3, 0.4) is 0 Å². The lowest BCUT2D eigenvalue weighted by Crippen LogP contribution is -2.23. The van der Waals surface area contributed by atoms with Crippen molar-refractivity contribution in [2.75, 3.05) is 6.61 Å². The fourth-order valence-electron chi connectivity index (χ4n) is 4.70. The maximum Gasteiger partial charge on any atom is 0.0575 e. The Morgan fingerprint density at radius 1 is 0.826 bits per heavy atom. The van der Waals surface area contributed by atoms with Gasteiger partial charge in [-0.3, -0.25) is 0 Å². The molecule has 23 heavy (non-hydrogen) atoms. The van der Waals surface area contributed by atoms with Gasteiger partial charge in [0.15, 0.2) is 0 Å². The molecule has 2 aliphatic rings. The average Bonchev–Trinajstić information content (AvgIpc) is 2.60. The van der Waals surface area contributed by atoms with Gasteiger partial charge in [-0.05, 0) is 62.7 Å². The van der Waals surface area contributed by atoms with Crippen LogP contribution < -0.4 is 0 Å². The summed E-state index contributed by atoms with van der Waals surface area (Å²) in [7, 11) is 0. The highest BCUT2D eigenvalue weighted by atomic mass is 16.5. The summed E-state index contributed by atoms with van der Waals surface area (Å²) in [6, 6.07) is 0. The molecule has 0 heterocycles. The summed E-state index contributed by atoms with van der Waals surface area (Å²) in [4.78, 5) is 0. The molecule has 2 rings (SSSR count). The van der Waals surface area contributed by atoms with Gasteiger partial charge < -0.3 is 4.74 Å². The lowest BCUT2D eigenvalue weighted by atomic mass is 9.76. The van der Waals surface area contributed by atoms with Crippen molar-refractivity contribution in [1.82, 2.24) is 0 Å². The fraction of sp³-hybridized carbons (Fsp3) is 0.909. The third kappa shape index (κ3) is 7.42. The van der Waals surface area contributed by atoms with Crippen molar-refractivity contribution in [2.45, 2.75) is 103 Å². The van der Waals surface area contributed by atoms with Crippen LogP contribution in [0, 0.1) is 17.8 Å². The molecule has 0 radical (unpaired) electrons. The Bertz CT molecular complexity index is 295. The highest BCUT2D eigenvalue weighted by molar-refractivity contribution is 4.77. The summed E-state index contributed by atoms with van der Waals surface area (Å²) in [5, 5.41) is 0. The Morgan fingerprint density at radius 2 is 1.35 bits per heavy atom. The van der Waals surface area contributed by atoms with E-state index in [-0.39, 0.29) is 0 Å². The van der Waals surface area contributed by atoms with Crippen LogP contribution in [-0.2, 0) is 4.74 Å². The van der Waals surface area contributed by atoms with Crippen LogP contribution in [-0.4, -0.2) is 12.7 Å². The zero-order chi connectivity index (χ0) is 16.3. The standard InChI is InChI=1S/C22H40O/c1-3-5-6-7-19-8-10-20(11-9-19)12-13-21-14-16-22(17-15-21)23-18-4-2/h3,19-22H,1,4-18H2,2H3. The molecule has 0 aliphatic heterocycles. The van der Waals surface area contributed by atoms with Crippen molar-refractivity contribution in [1.29, 1.82) is 0 Å². The molecule has 0 unspecified atom stereocenters. The normalized spacial score (nSPS) is 31.9. The van der Waals surface area contributed by atoms with Gasteiger partial charge in [0.1, 0.15) is 0 Å². The van der Waals surface area contributed by atoms with Crippen LogP contribution in [0.1, 0.15) is 96.8 Å². The molecular formula is C22H40O.